The van der Waals surface area contributed by atoms with Crippen LogP contribution in [0.4, 0.5) is 0 Å². The third kappa shape index (κ3) is 2.89. The standard InChI is InChI=1S/C25H36O4/c1-16(26)29-18-9-11-23(2)17(15-18)5-6-19-20-7-8-22(25(4)27-13-14-28-25)24(20,3)12-10-21(19)23/h5,8,18-21H,6-7,9-15H2,1-4H3/t18-,19+,20+,21+,23-,24-/m0/s1. The van der Waals surface area contributed by atoms with Crippen molar-refractivity contribution in [2.24, 2.45) is 28.6 Å². The second kappa shape index (κ2) is 6.68. The van der Waals surface area contributed by atoms with Crippen LogP contribution >= 0.6 is 0 Å². The van der Waals surface area contributed by atoms with E-state index >= 15 is 0 Å². The lowest BCUT2D eigenvalue weighted by atomic mass is 9.47. The van der Waals surface area contributed by atoms with Gasteiger partial charge in [0, 0.05) is 13.3 Å². The number of hydrogen-bond donors (Lipinski definition) is 0. The van der Waals surface area contributed by atoms with Gasteiger partial charge in [-0.15, -0.1) is 0 Å². The number of carbonyl (C=O) groups excluding carboxylic acids is 1. The number of esters is 1. The van der Waals surface area contributed by atoms with Gasteiger partial charge in [0.05, 0.1) is 13.2 Å². The molecule has 1 saturated heterocycles. The van der Waals surface area contributed by atoms with E-state index in [1.807, 2.05) is 0 Å². The molecule has 6 atom stereocenters. The molecular formula is C25H36O4. The second-order valence-electron chi connectivity index (χ2n) is 10.7. The zero-order valence-electron chi connectivity index (χ0n) is 18.5. The average Bonchev–Trinajstić information content (AvgIpc) is 3.25. The number of allylic oxidation sites excluding steroid dienone is 2. The van der Waals surface area contributed by atoms with Crippen LogP contribution in [0.1, 0.15) is 72.6 Å². The maximum Gasteiger partial charge on any atom is 0.302 e. The molecule has 4 heteroatoms. The monoisotopic (exact) mass is 400 g/mol. The molecule has 0 radical (unpaired) electrons. The molecule has 3 fully saturated rings. The summed E-state index contributed by atoms with van der Waals surface area (Å²) in [5, 5.41) is 0. The molecule has 0 aromatic rings. The molecule has 1 heterocycles. The van der Waals surface area contributed by atoms with Gasteiger partial charge in [-0.1, -0.05) is 31.6 Å². The summed E-state index contributed by atoms with van der Waals surface area (Å²) in [7, 11) is 0. The molecule has 0 amide bonds. The summed E-state index contributed by atoms with van der Waals surface area (Å²) in [5.74, 6) is 1.49. The van der Waals surface area contributed by atoms with Gasteiger partial charge in [-0.2, -0.15) is 0 Å². The van der Waals surface area contributed by atoms with Crippen LogP contribution in [0, 0.1) is 28.6 Å². The van der Waals surface area contributed by atoms with Crippen LogP contribution < -0.4 is 0 Å². The number of rotatable bonds is 2. The van der Waals surface area contributed by atoms with Gasteiger partial charge in [0.2, 0.25) is 0 Å². The fraction of sp³-hybridized carbons (Fsp3) is 0.800. The third-order valence-electron chi connectivity index (χ3n) is 9.30. The Morgan fingerprint density at radius 3 is 2.45 bits per heavy atom. The third-order valence-corrected chi connectivity index (χ3v) is 9.30. The molecule has 2 saturated carbocycles. The van der Waals surface area contributed by atoms with Crippen LogP contribution in [-0.2, 0) is 19.0 Å². The van der Waals surface area contributed by atoms with Crippen LogP contribution in [0.3, 0.4) is 0 Å². The molecule has 5 aliphatic rings. The number of carbonyl (C=O) groups is 1. The van der Waals surface area contributed by atoms with Gasteiger partial charge in [0.1, 0.15) is 6.10 Å². The SMILES string of the molecule is CC(=O)O[C@H]1CC[C@@]2(C)C(=CC[C@H]3[C@H]2CC[C@]2(C)C(C4(C)OCCO4)=CC[C@H]32)C1. The summed E-state index contributed by atoms with van der Waals surface area (Å²) < 4.78 is 17.7. The zero-order valence-corrected chi connectivity index (χ0v) is 18.5. The largest absolute Gasteiger partial charge is 0.462 e. The van der Waals surface area contributed by atoms with Crippen LogP contribution in [0.5, 0.6) is 0 Å². The Kier molecular flexibility index (Phi) is 4.57. The van der Waals surface area contributed by atoms with Gasteiger partial charge in [-0.3, -0.25) is 4.79 Å². The van der Waals surface area contributed by atoms with Crippen molar-refractivity contribution in [3.8, 4) is 0 Å². The van der Waals surface area contributed by atoms with Crippen molar-refractivity contribution in [2.45, 2.75) is 84.5 Å². The maximum atomic E-state index is 11.4. The molecule has 0 bridgehead atoms. The minimum absolute atomic E-state index is 0.0774. The Bertz CT molecular complexity index is 761. The molecule has 5 rings (SSSR count). The molecule has 1 aliphatic heterocycles. The summed E-state index contributed by atoms with van der Waals surface area (Å²) in [4.78, 5) is 11.4. The van der Waals surface area contributed by atoms with E-state index in [0.717, 1.165) is 37.5 Å². The Labute approximate surface area is 175 Å². The average molecular weight is 401 g/mol. The van der Waals surface area contributed by atoms with Crippen LogP contribution in [0.2, 0.25) is 0 Å². The highest BCUT2D eigenvalue weighted by atomic mass is 16.7. The molecule has 0 aromatic heterocycles. The van der Waals surface area contributed by atoms with Crippen LogP contribution in [-0.4, -0.2) is 31.1 Å². The van der Waals surface area contributed by atoms with E-state index in [0.29, 0.717) is 19.1 Å². The Morgan fingerprint density at radius 2 is 1.72 bits per heavy atom. The minimum atomic E-state index is -0.516. The lowest BCUT2D eigenvalue weighted by Gasteiger charge is -2.58. The maximum absolute atomic E-state index is 11.4. The summed E-state index contributed by atoms with van der Waals surface area (Å²) in [6.45, 7) is 10.0. The molecule has 4 nitrogen and oxygen atoms in total. The predicted molar refractivity (Wildman–Crippen MR) is 111 cm³/mol. The highest BCUT2D eigenvalue weighted by molar-refractivity contribution is 5.66. The number of fused-ring (bicyclic) bond motifs is 5. The Balaban J connectivity index is 1.39. The fourth-order valence-corrected chi connectivity index (χ4v) is 7.90. The molecule has 0 unspecified atom stereocenters. The fourth-order valence-electron chi connectivity index (χ4n) is 7.90. The first kappa shape index (κ1) is 19.8. The van der Waals surface area contributed by atoms with Crippen molar-refractivity contribution < 1.29 is 19.0 Å². The van der Waals surface area contributed by atoms with Crippen LogP contribution in [0.25, 0.3) is 0 Å². The molecule has 0 aromatic carbocycles. The first-order chi connectivity index (χ1) is 13.8. The van der Waals surface area contributed by atoms with E-state index in [9.17, 15) is 4.79 Å². The molecular weight excluding hydrogens is 364 g/mol. The van der Waals surface area contributed by atoms with Crippen LogP contribution in [0.15, 0.2) is 23.3 Å². The highest BCUT2D eigenvalue weighted by Crippen LogP contribution is 2.66. The Hall–Kier alpha value is -1.13. The van der Waals surface area contributed by atoms with E-state index in [2.05, 4.69) is 32.9 Å². The molecule has 4 aliphatic carbocycles. The summed E-state index contributed by atoms with van der Waals surface area (Å²) in [5.41, 5.74) is 3.43. The summed E-state index contributed by atoms with van der Waals surface area (Å²) >= 11 is 0. The Morgan fingerprint density at radius 1 is 1.00 bits per heavy atom. The van der Waals surface area contributed by atoms with Crippen molar-refractivity contribution in [3.05, 3.63) is 23.3 Å². The van der Waals surface area contributed by atoms with E-state index in [1.165, 1.54) is 31.8 Å². The van der Waals surface area contributed by atoms with Gasteiger partial charge < -0.3 is 14.2 Å². The van der Waals surface area contributed by atoms with Crippen molar-refractivity contribution >= 4 is 5.97 Å². The first-order valence-electron chi connectivity index (χ1n) is 11.6. The van der Waals surface area contributed by atoms with E-state index in [4.69, 9.17) is 14.2 Å². The minimum Gasteiger partial charge on any atom is -0.462 e. The lowest BCUT2D eigenvalue weighted by Crippen LogP contribution is -2.51. The predicted octanol–water partition coefficient (Wildman–Crippen LogP) is 5.18. The van der Waals surface area contributed by atoms with E-state index < -0.39 is 5.79 Å². The first-order valence-corrected chi connectivity index (χ1v) is 11.6. The van der Waals surface area contributed by atoms with E-state index in [-0.39, 0.29) is 22.9 Å². The van der Waals surface area contributed by atoms with Crippen molar-refractivity contribution in [3.63, 3.8) is 0 Å². The normalized spacial score (nSPS) is 45.5. The van der Waals surface area contributed by atoms with Gasteiger partial charge in [0.25, 0.3) is 0 Å². The lowest BCUT2D eigenvalue weighted by molar-refractivity contribution is -0.149. The van der Waals surface area contributed by atoms with Gasteiger partial charge in [-0.25, -0.2) is 0 Å². The van der Waals surface area contributed by atoms with Gasteiger partial charge in [0.15, 0.2) is 5.79 Å². The molecule has 0 N–H and O–H groups in total. The quantitative estimate of drug-likeness (QED) is 0.473. The molecule has 160 valence electrons. The second-order valence-corrected chi connectivity index (χ2v) is 10.7. The van der Waals surface area contributed by atoms with Gasteiger partial charge >= 0.3 is 5.97 Å². The van der Waals surface area contributed by atoms with E-state index in [1.54, 1.807) is 5.57 Å². The summed E-state index contributed by atoms with van der Waals surface area (Å²) in [6, 6.07) is 0. The topological polar surface area (TPSA) is 44.8 Å². The number of ether oxygens (including phenoxy) is 3. The van der Waals surface area contributed by atoms with Crippen molar-refractivity contribution in [1.29, 1.82) is 0 Å². The van der Waals surface area contributed by atoms with Crippen molar-refractivity contribution in [1.82, 2.24) is 0 Å². The molecule has 0 spiro atoms. The smallest absolute Gasteiger partial charge is 0.302 e. The highest BCUT2D eigenvalue weighted by Gasteiger charge is 2.59. The molecule has 29 heavy (non-hydrogen) atoms. The summed E-state index contributed by atoms with van der Waals surface area (Å²) in [6.07, 6.45) is 13.0. The zero-order chi connectivity index (χ0) is 20.4. The number of hydrogen-bond acceptors (Lipinski definition) is 4. The van der Waals surface area contributed by atoms with Crippen molar-refractivity contribution in [2.75, 3.05) is 13.2 Å². The van der Waals surface area contributed by atoms with Gasteiger partial charge in [-0.05, 0) is 79.6 Å².